The van der Waals surface area contributed by atoms with Crippen molar-refractivity contribution in [3.8, 4) is 0 Å². The summed E-state index contributed by atoms with van der Waals surface area (Å²) < 4.78 is 0. The summed E-state index contributed by atoms with van der Waals surface area (Å²) in [5.74, 6) is 0.0899. The zero-order valence-corrected chi connectivity index (χ0v) is 9.42. The molecule has 2 heterocycles. The monoisotopic (exact) mass is 207 g/mol. The average molecular weight is 207 g/mol. The maximum atomic E-state index is 12.1. The number of nitrogens with zero attached hydrogens (tertiary/aromatic N) is 1. The summed E-state index contributed by atoms with van der Waals surface area (Å²) in [6.07, 6.45) is 0. The number of rotatable bonds is 2. The SMILES string of the molecule is Cc1cc(C)c(C(=O)N(C)C2CNC2)[nH]1. The average Bonchev–Trinajstić information content (AvgIpc) is 2.41. The molecule has 0 aromatic carbocycles. The van der Waals surface area contributed by atoms with Gasteiger partial charge in [0.1, 0.15) is 5.69 Å². The molecule has 4 nitrogen and oxygen atoms in total. The molecule has 0 radical (unpaired) electrons. The van der Waals surface area contributed by atoms with Gasteiger partial charge in [-0.1, -0.05) is 0 Å². The summed E-state index contributed by atoms with van der Waals surface area (Å²) in [6.45, 7) is 5.74. The minimum Gasteiger partial charge on any atom is -0.354 e. The van der Waals surface area contributed by atoms with Crippen molar-refractivity contribution in [2.45, 2.75) is 19.9 Å². The first-order valence-corrected chi connectivity index (χ1v) is 5.23. The van der Waals surface area contributed by atoms with Gasteiger partial charge in [-0.15, -0.1) is 0 Å². The second kappa shape index (κ2) is 3.70. The molecule has 4 heteroatoms. The number of aromatic nitrogens is 1. The largest absolute Gasteiger partial charge is 0.354 e. The van der Waals surface area contributed by atoms with E-state index in [9.17, 15) is 4.79 Å². The molecule has 1 aromatic heterocycles. The Balaban J connectivity index is 2.15. The van der Waals surface area contributed by atoms with E-state index in [2.05, 4.69) is 10.3 Å². The van der Waals surface area contributed by atoms with Crippen LogP contribution in [0.1, 0.15) is 21.7 Å². The van der Waals surface area contributed by atoms with E-state index in [1.54, 1.807) is 0 Å². The third kappa shape index (κ3) is 1.77. The molecule has 0 spiro atoms. The lowest BCUT2D eigenvalue weighted by Crippen LogP contribution is -2.57. The molecule has 1 aliphatic heterocycles. The van der Waals surface area contributed by atoms with E-state index >= 15 is 0 Å². The van der Waals surface area contributed by atoms with Crippen LogP contribution in [-0.2, 0) is 0 Å². The van der Waals surface area contributed by atoms with Crippen molar-refractivity contribution in [3.05, 3.63) is 23.0 Å². The van der Waals surface area contributed by atoms with Crippen molar-refractivity contribution < 1.29 is 4.79 Å². The van der Waals surface area contributed by atoms with Gasteiger partial charge in [-0.05, 0) is 25.5 Å². The Morgan fingerprint density at radius 3 is 2.53 bits per heavy atom. The van der Waals surface area contributed by atoms with Crippen LogP contribution in [0.3, 0.4) is 0 Å². The molecule has 0 saturated carbocycles. The predicted molar refractivity (Wildman–Crippen MR) is 59.0 cm³/mol. The summed E-state index contributed by atoms with van der Waals surface area (Å²) >= 11 is 0. The van der Waals surface area contributed by atoms with E-state index in [1.807, 2.05) is 31.9 Å². The number of hydrogen-bond acceptors (Lipinski definition) is 2. The van der Waals surface area contributed by atoms with Crippen LogP contribution in [0.4, 0.5) is 0 Å². The topological polar surface area (TPSA) is 48.1 Å². The van der Waals surface area contributed by atoms with Gasteiger partial charge in [0.2, 0.25) is 0 Å². The summed E-state index contributed by atoms with van der Waals surface area (Å²) in [7, 11) is 1.86. The normalized spacial score (nSPS) is 16.2. The second-order valence-corrected chi connectivity index (χ2v) is 4.24. The molecule has 0 atom stereocenters. The minimum atomic E-state index is 0.0899. The Labute approximate surface area is 89.7 Å². The fraction of sp³-hybridized carbons (Fsp3) is 0.545. The zero-order valence-electron chi connectivity index (χ0n) is 9.42. The number of carbonyl (C=O) groups excluding carboxylic acids is 1. The number of amides is 1. The highest BCUT2D eigenvalue weighted by Gasteiger charge is 2.27. The molecule has 0 aliphatic carbocycles. The molecule has 1 aliphatic rings. The van der Waals surface area contributed by atoms with Crippen LogP contribution >= 0.6 is 0 Å². The minimum absolute atomic E-state index is 0.0899. The first-order valence-electron chi connectivity index (χ1n) is 5.23. The Hall–Kier alpha value is -1.29. The van der Waals surface area contributed by atoms with Gasteiger partial charge >= 0.3 is 0 Å². The molecular formula is C11H17N3O. The van der Waals surface area contributed by atoms with Gasteiger partial charge in [0.25, 0.3) is 5.91 Å². The van der Waals surface area contributed by atoms with Crippen molar-refractivity contribution in [2.24, 2.45) is 0 Å². The van der Waals surface area contributed by atoms with Crippen molar-refractivity contribution in [2.75, 3.05) is 20.1 Å². The van der Waals surface area contributed by atoms with E-state index in [1.165, 1.54) is 0 Å². The molecule has 2 rings (SSSR count). The van der Waals surface area contributed by atoms with Crippen molar-refractivity contribution in [1.82, 2.24) is 15.2 Å². The molecule has 1 amide bonds. The summed E-state index contributed by atoms with van der Waals surface area (Å²) in [6, 6.07) is 2.35. The maximum absolute atomic E-state index is 12.1. The second-order valence-electron chi connectivity index (χ2n) is 4.24. The summed E-state index contributed by atoms with van der Waals surface area (Å²) in [5.41, 5.74) is 2.79. The number of H-pyrrole nitrogens is 1. The number of hydrogen-bond donors (Lipinski definition) is 2. The van der Waals surface area contributed by atoms with Crippen LogP contribution in [-0.4, -0.2) is 42.0 Å². The number of likely N-dealkylation sites (N-methyl/N-ethyl adjacent to an activating group) is 1. The van der Waals surface area contributed by atoms with E-state index in [0.717, 1.165) is 30.0 Å². The number of carbonyl (C=O) groups is 1. The van der Waals surface area contributed by atoms with E-state index in [0.29, 0.717) is 6.04 Å². The lowest BCUT2D eigenvalue weighted by Gasteiger charge is -2.35. The van der Waals surface area contributed by atoms with Crippen LogP contribution in [0.15, 0.2) is 6.07 Å². The maximum Gasteiger partial charge on any atom is 0.270 e. The third-order valence-electron chi connectivity index (χ3n) is 2.99. The van der Waals surface area contributed by atoms with E-state index < -0.39 is 0 Å². The number of nitrogens with one attached hydrogen (secondary N) is 2. The van der Waals surface area contributed by atoms with Crippen LogP contribution in [0, 0.1) is 13.8 Å². The highest BCUT2D eigenvalue weighted by atomic mass is 16.2. The van der Waals surface area contributed by atoms with Crippen LogP contribution in [0.5, 0.6) is 0 Å². The fourth-order valence-electron chi connectivity index (χ4n) is 1.84. The summed E-state index contributed by atoms with van der Waals surface area (Å²) in [4.78, 5) is 17.0. The summed E-state index contributed by atoms with van der Waals surface area (Å²) in [5, 5.41) is 3.16. The molecule has 1 fully saturated rings. The fourth-order valence-corrected chi connectivity index (χ4v) is 1.84. The van der Waals surface area contributed by atoms with Gasteiger partial charge in [0, 0.05) is 25.8 Å². The number of aryl methyl sites for hydroxylation is 2. The van der Waals surface area contributed by atoms with Crippen LogP contribution < -0.4 is 5.32 Å². The van der Waals surface area contributed by atoms with Gasteiger partial charge in [0.05, 0.1) is 6.04 Å². The van der Waals surface area contributed by atoms with Gasteiger partial charge in [-0.3, -0.25) is 4.79 Å². The molecule has 1 saturated heterocycles. The highest BCUT2D eigenvalue weighted by molar-refractivity contribution is 5.94. The molecule has 82 valence electrons. The van der Waals surface area contributed by atoms with Crippen LogP contribution in [0.2, 0.25) is 0 Å². The predicted octanol–water partition coefficient (Wildman–Crippen LogP) is 0.675. The first-order chi connectivity index (χ1) is 7.09. The third-order valence-corrected chi connectivity index (χ3v) is 2.99. The highest BCUT2D eigenvalue weighted by Crippen LogP contribution is 2.13. The number of aromatic amines is 1. The van der Waals surface area contributed by atoms with E-state index in [4.69, 9.17) is 0 Å². The van der Waals surface area contributed by atoms with Gasteiger partial charge in [-0.25, -0.2) is 0 Å². The zero-order chi connectivity index (χ0) is 11.0. The molecule has 0 bridgehead atoms. The Morgan fingerprint density at radius 1 is 1.47 bits per heavy atom. The van der Waals surface area contributed by atoms with Gasteiger partial charge < -0.3 is 15.2 Å². The molecule has 1 aromatic rings. The van der Waals surface area contributed by atoms with Crippen LogP contribution in [0.25, 0.3) is 0 Å². The Kier molecular flexibility index (Phi) is 2.52. The lowest BCUT2D eigenvalue weighted by molar-refractivity contribution is 0.0675. The standard InChI is InChI=1S/C11H17N3O/c1-7-4-8(2)13-10(7)11(15)14(3)9-5-12-6-9/h4,9,12-13H,5-6H2,1-3H3. The van der Waals surface area contributed by atoms with Gasteiger partial charge in [-0.2, -0.15) is 0 Å². The molecule has 2 N–H and O–H groups in total. The van der Waals surface area contributed by atoms with E-state index in [-0.39, 0.29) is 5.91 Å². The molecule has 15 heavy (non-hydrogen) atoms. The first kappa shape index (κ1) is 10.2. The smallest absolute Gasteiger partial charge is 0.270 e. The van der Waals surface area contributed by atoms with Crippen molar-refractivity contribution in [3.63, 3.8) is 0 Å². The molecular weight excluding hydrogens is 190 g/mol. The Morgan fingerprint density at radius 2 is 2.13 bits per heavy atom. The quantitative estimate of drug-likeness (QED) is 0.749. The molecule has 0 unspecified atom stereocenters. The van der Waals surface area contributed by atoms with Gasteiger partial charge in [0.15, 0.2) is 0 Å². The van der Waals surface area contributed by atoms with Crippen molar-refractivity contribution in [1.29, 1.82) is 0 Å². The van der Waals surface area contributed by atoms with Crippen molar-refractivity contribution >= 4 is 5.91 Å². The lowest BCUT2D eigenvalue weighted by atomic mass is 10.1. The Bertz CT molecular complexity index is 379.